The summed E-state index contributed by atoms with van der Waals surface area (Å²) < 4.78 is 33.0. The number of sulfone groups is 1. The van der Waals surface area contributed by atoms with Gasteiger partial charge < -0.3 is 9.47 Å². The van der Waals surface area contributed by atoms with Crippen molar-refractivity contribution in [3.63, 3.8) is 0 Å². The summed E-state index contributed by atoms with van der Waals surface area (Å²) in [5, 5.41) is 8.74. The van der Waals surface area contributed by atoms with Crippen LogP contribution in [0.5, 0.6) is 11.5 Å². The van der Waals surface area contributed by atoms with E-state index in [1.165, 1.54) is 7.11 Å². The van der Waals surface area contributed by atoms with Gasteiger partial charge in [0.05, 0.1) is 24.5 Å². The summed E-state index contributed by atoms with van der Waals surface area (Å²) in [7, 11) is -1.58. The van der Waals surface area contributed by atoms with Crippen molar-refractivity contribution < 1.29 is 17.9 Å². The van der Waals surface area contributed by atoms with E-state index >= 15 is 0 Å². The number of ether oxygens (including phenoxy) is 2. The molecule has 1 rings (SSSR count). The molecule has 0 aliphatic rings. The highest BCUT2D eigenvalue weighted by atomic mass is 32.2. The molecule has 0 bridgehead atoms. The zero-order valence-electron chi connectivity index (χ0n) is 10.3. The minimum Gasteiger partial charge on any atom is -0.493 e. The Hall–Kier alpha value is -1.74. The number of nitriles is 1. The molecule has 0 N–H and O–H groups in total. The second-order valence-corrected chi connectivity index (χ2v) is 6.04. The molecule has 0 atom stereocenters. The van der Waals surface area contributed by atoms with Crippen LogP contribution >= 0.6 is 0 Å². The Labute approximate surface area is 107 Å². The van der Waals surface area contributed by atoms with E-state index in [1.54, 1.807) is 25.1 Å². The van der Waals surface area contributed by atoms with Gasteiger partial charge in [0.2, 0.25) is 0 Å². The van der Waals surface area contributed by atoms with Gasteiger partial charge in [0.1, 0.15) is 6.61 Å². The van der Waals surface area contributed by atoms with Crippen LogP contribution in [0.15, 0.2) is 18.2 Å². The van der Waals surface area contributed by atoms with Crippen molar-refractivity contribution in [2.45, 2.75) is 6.92 Å². The molecule has 0 saturated heterocycles. The predicted octanol–water partition coefficient (Wildman–Crippen LogP) is 1.38. The van der Waals surface area contributed by atoms with Crippen molar-refractivity contribution in [3.05, 3.63) is 23.8 Å². The van der Waals surface area contributed by atoms with Gasteiger partial charge in [0.15, 0.2) is 21.3 Å². The molecule has 0 heterocycles. The molecule has 0 aliphatic carbocycles. The van der Waals surface area contributed by atoms with E-state index in [9.17, 15) is 8.42 Å². The van der Waals surface area contributed by atoms with E-state index in [-0.39, 0.29) is 18.1 Å². The number of rotatable bonds is 6. The molecule has 98 valence electrons. The van der Waals surface area contributed by atoms with Crippen molar-refractivity contribution >= 4 is 9.84 Å². The van der Waals surface area contributed by atoms with Crippen LogP contribution in [0.25, 0.3) is 0 Å². The average Bonchev–Trinajstić information content (AvgIpc) is 2.38. The van der Waals surface area contributed by atoms with Crippen LogP contribution in [0.4, 0.5) is 0 Å². The van der Waals surface area contributed by atoms with E-state index in [1.807, 2.05) is 6.07 Å². The molecular formula is C12H15NO4S. The number of methoxy groups -OCH3 is 1. The van der Waals surface area contributed by atoms with Crippen LogP contribution in [0.3, 0.4) is 0 Å². The second kappa shape index (κ2) is 6.26. The molecule has 0 fully saturated rings. The summed E-state index contributed by atoms with van der Waals surface area (Å²) in [6.45, 7) is 1.66. The lowest BCUT2D eigenvalue weighted by Crippen LogP contribution is -2.15. The van der Waals surface area contributed by atoms with Crippen molar-refractivity contribution in [3.8, 4) is 17.6 Å². The molecule has 5 nitrogen and oxygen atoms in total. The van der Waals surface area contributed by atoms with Crippen molar-refractivity contribution in [2.75, 3.05) is 25.2 Å². The molecule has 0 aliphatic heterocycles. The van der Waals surface area contributed by atoms with Gasteiger partial charge in [-0.3, -0.25) is 0 Å². The lowest BCUT2D eigenvalue weighted by molar-refractivity contribution is 0.311. The Bertz CT molecular complexity index is 546. The van der Waals surface area contributed by atoms with Gasteiger partial charge in [0, 0.05) is 11.8 Å². The van der Waals surface area contributed by atoms with Crippen LogP contribution in [0.2, 0.25) is 0 Å². The first-order valence-electron chi connectivity index (χ1n) is 5.43. The highest BCUT2D eigenvalue weighted by Crippen LogP contribution is 2.27. The first-order valence-corrected chi connectivity index (χ1v) is 7.26. The molecule has 18 heavy (non-hydrogen) atoms. The Morgan fingerprint density at radius 1 is 1.33 bits per heavy atom. The van der Waals surface area contributed by atoms with Crippen LogP contribution in [-0.4, -0.2) is 33.6 Å². The Kier molecular flexibility index (Phi) is 4.98. The summed E-state index contributed by atoms with van der Waals surface area (Å²) >= 11 is 0. The molecule has 1 aromatic rings. The molecule has 0 aromatic heterocycles. The largest absolute Gasteiger partial charge is 0.493 e. The SMILES string of the molecule is CCS(=O)(=O)CCOc1ccc(C#N)cc1OC. The van der Waals surface area contributed by atoms with E-state index in [2.05, 4.69) is 0 Å². The van der Waals surface area contributed by atoms with E-state index < -0.39 is 9.84 Å². The van der Waals surface area contributed by atoms with Gasteiger partial charge in [-0.1, -0.05) is 6.92 Å². The van der Waals surface area contributed by atoms with Gasteiger partial charge in [-0.25, -0.2) is 8.42 Å². The number of nitrogens with zero attached hydrogens (tertiary/aromatic N) is 1. The minimum atomic E-state index is -3.04. The Morgan fingerprint density at radius 3 is 2.61 bits per heavy atom. The van der Waals surface area contributed by atoms with Gasteiger partial charge in [-0.05, 0) is 12.1 Å². The highest BCUT2D eigenvalue weighted by molar-refractivity contribution is 7.91. The third-order valence-electron chi connectivity index (χ3n) is 2.38. The van der Waals surface area contributed by atoms with Crippen molar-refractivity contribution in [1.29, 1.82) is 5.26 Å². The summed E-state index contributed by atoms with van der Waals surface area (Å²) in [5.74, 6) is 0.916. The fourth-order valence-corrected chi connectivity index (χ4v) is 1.91. The minimum absolute atomic E-state index is 0.0351. The molecule has 0 spiro atoms. The normalized spacial score (nSPS) is 10.7. The summed E-state index contributed by atoms with van der Waals surface area (Å²) in [4.78, 5) is 0. The molecule has 1 aromatic carbocycles. The maximum absolute atomic E-state index is 11.3. The third kappa shape index (κ3) is 3.93. The zero-order valence-corrected chi connectivity index (χ0v) is 11.2. The van der Waals surface area contributed by atoms with Crippen molar-refractivity contribution in [2.24, 2.45) is 0 Å². The highest BCUT2D eigenvalue weighted by Gasteiger charge is 2.10. The Morgan fingerprint density at radius 2 is 2.06 bits per heavy atom. The quantitative estimate of drug-likeness (QED) is 0.779. The van der Waals surface area contributed by atoms with Crippen molar-refractivity contribution in [1.82, 2.24) is 0 Å². The fraction of sp³-hybridized carbons (Fsp3) is 0.417. The maximum atomic E-state index is 11.3. The zero-order chi connectivity index (χ0) is 13.6. The van der Waals surface area contributed by atoms with Gasteiger partial charge in [0.25, 0.3) is 0 Å². The number of benzene rings is 1. The van der Waals surface area contributed by atoms with Gasteiger partial charge in [-0.2, -0.15) is 5.26 Å². The number of hydrogen-bond acceptors (Lipinski definition) is 5. The lowest BCUT2D eigenvalue weighted by atomic mass is 10.2. The van der Waals surface area contributed by atoms with Gasteiger partial charge in [-0.15, -0.1) is 0 Å². The standard InChI is InChI=1S/C12H15NO4S/c1-3-18(14,15)7-6-17-11-5-4-10(9-13)8-12(11)16-2/h4-5,8H,3,6-7H2,1-2H3. The molecule has 0 saturated carbocycles. The maximum Gasteiger partial charge on any atom is 0.162 e. The fourth-order valence-electron chi connectivity index (χ4n) is 1.28. The van der Waals surface area contributed by atoms with E-state index in [0.717, 1.165) is 0 Å². The van der Waals surface area contributed by atoms with E-state index in [4.69, 9.17) is 14.7 Å². The molecule has 6 heteroatoms. The average molecular weight is 269 g/mol. The molecular weight excluding hydrogens is 254 g/mol. The first-order chi connectivity index (χ1) is 8.52. The smallest absolute Gasteiger partial charge is 0.162 e. The molecule has 0 unspecified atom stereocenters. The first kappa shape index (κ1) is 14.3. The number of hydrogen-bond donors (Lipinski definition) is 0. The van der Waals surface area contributed by atoms with Crippen LogP contribution in [0.1, 0.15) is 12.5 Å². The summed E-state index contributed by atoms with van der Waals surface area (Å²) in [6, 6.07) is 6.71. The van der Waals surface area contributed by atoms with Gasteiger partial charge >= 0.3 is 0 Å². The second-order valence-electron chi connectivity index (χ2n) is 3.56. The van der Waals surface area contributed by atoms with E-state index in [0.29, 0.717) is 17.1 Å². The molecule has 0 amide bonds. The third-order valence-corrected chi connectivity index (χ3v) is 4.05. The topological polar surface area (TPSA) is 76.4 Å². The summed E-state index contributed by atoms with van der Waals surface area (Å²) in [5.41, 5.74) is 0.459. The lowest BCUT2D eigenvalue weighted by Gasteiger charge is -2.10. The van der Waals surface area contributed by atoms with Crippen LogP contribution in [-0.2, 0) is 9.84 Å². The van der Waals surface area contributed by atoms with Crippen LogP contribution < -0.4 is 9.47 Å². The predicted molar refractivity (Wildman–Crippen MR) is 67.5 cm³/mol. The summed E-state index contributed by atoms with van der Waals surface area (Å²) in [6.07, 6.45) is 0. The monoisotopic (exact) mass is 269 g/mol. The Balaban J connectivity index is 2.71. The van der Waals surface area contributed by atoms with Crippen LogP contribution in [0, 0.1) is 11.3 Å². The molecule has 0 radical (unpaired) electrons.